The summed E-state index contributed by atoms with van der Waals surface area (Å²) in [6.07, 6.45) is 1.52. The van der Waals surface area contributed by atoms with E-state index in [0.29, 0.717) is 12.4 Å². The van der Waals surface area contributed by atoms with Gasteiger partial charge < -0.3 is 10.3 Å². The second-order valence-electron chi connectivity index (χ2n) is 4.32. The monoisotopic (exact) mass is 313 g/mol. The van der Waals surface area contributed by atoms with Crippen molar-refractivity contribution < 1.29 is 12.8 Å². The van der Waals surface area contributed by atoms with Crippen molar-refractivity contribution in [2.24, 2.45) is 5.73 Å². The Hall–Kier alpha value is -1.84. The standard InChI is InChI=1S/C12H16FN5O2S/c1-2-18-8-15-17-12(18)7-16-21(19,20)10-3-4-11(13)9(5-10)6-14/h3-5,8,16H,2,6-7,14H2,1H3. The highest BCUT2D eigenvalue weighted by Crippen LogP contribution is 2.15. The third kappa shape index (κ3) is 3.43. The fraction of sp³-hybridized carbons (Fsp3) is 0.333. The largest absolute Gasteiger partial charge is 0.326 e. The predicted octanol–water partition coefficient (Wildman–Crippen LogP) is 0.374. The Balaban J connectivity index is 2.19. The maximum Gasteiger partial charge on any atom is 0.240 e. The number of nitrogens with zero attached hydrogens (tertiary/aromatic N) is 3. The molecule has 0 spiro atoms. The summed E-state index contributed by atoms with van der Waals surface area (Å²) in [4.78, 5) is -0.0353. The lowest BCUT2D eigenvalue weighted by Gasteiger charge is -2.09. The van der Waals surface area contributed by atoms with Gasteiger partial charge in [0.2, 0.25) is 10.0 Å². The van der Waals surface area contributed by atoms with Crippen LogP contribution in [-0.4, -0.2) is 23.2 Å². The zero-order valence-corrected chi connectivity index (χ0v) is 12.3. The number of aromatic nitrogens is 3. The van der Waals surface area contributed by atoms with Gasteiger partial charge in [0.25, 0.3) is 0 Å². The van der Waals surface area contributed by atoms with E-state index in [2.05, 4.69) is 14.9 Å². The fourth-order valence-corrected chi connectivity index (χ4v) is 2.83. The molecule has 0 amide bonds. The van der Waals surface area contributed by atoms with Crippen molar-refractivity contribution in [3.8, 4) is 0 Å². The molecule has 0 aliphatic heterocycles. The molecular weight excluding hydrogens is 297 g/mol. The van der Waals surface area contributed by atoms with Crippen molar-refractivity contribution in [2.45, 2.75) is 31.5 Å². The first-order chi connectivity index (χ1) is 9.97. The normalized spacial score (nSPS) is 11.8. The van der Waals surface area contributed by atoms with Gasteiger partial charge in [-0.3, -0.25) is 0 Å². The number of nitrogens with one attached hydrogen (secondary N) is 1. The molecule has 0 unspecified atom stereocenters. The zero-order chi connectivity index (χ0) is 15.5. The van der Waals surface area contributed by atoms with Gasteiger partial charge >= 0.3 is 0 Å². The van der Waals surface area contributed by atoms with Crippen molar-refractivity contribution >= 4 is 10.0 Å². The van der Waals surface area contributed by atoms with E-state index in [0.717, 1.165) is 6.07 Å². The first kappa shape index (κ1) is 15.5. The molecule has 114 valence electrons. The van der Waals surface area contributed by atoms with Crippen LogP contribution in [-0.2, 0) is 29.7 Å². The first-order valence-electron chi connectivity index (χ1n) is 6.32. The summed E-state index contributed by atoms with van der Waals surface area (Å²) >= 11 is 0. The molecule has 0 atom stereocenters. The van der Waals surface area contributed by atoms with E-state index >= 15 is 0 Å². The molecule has 7 nitrogen and oxygen atoms in total. The lowest BCUT2D eigenvalue weighted by molar-refractivity contribution is 0.573. The highest BCUT2D eigenvalue weighted by molar-refractivity contribution is 7.89. The summed E-state index contributed by atoms with van der Waals surface area (Å²) in [5.74, 6) is -0.0237. The van der Waals surface area contributed by atoms with Crippen molar-refractivity contribution in [1.82, 2.24) is 19.5 Å². The van der Waals surface area contributed by atoms with Gasteiger partial charge in [-0.15, -0.1) is 10.2 Å². The molecule has 0 aliphatic carbocycles. The van der Waals surface area contributed by atoms with Crippen LogP contribution in [0.25, 0.3) is 0 Å². The van der Waals surface area contributed by atoms with E-state index in [1.165, 1.54) is 18.5 Å². The number of hydrogen-bond donors (Lipinski definition) is 2. The Kier molecular flexibility index (Phi) is 4.66. The van der Waals surface area contributed by atoms with Crippen LogP contribution in [0.3, 0.4) is 0 Å². The third-order valence-electron chi connectivity index (χ3n) is 3.00. The molecule has 1 heterocycles. The van der Waals surface area contributed by atoms with Crippen LogP contribution in [0.15, 0.2) is 29.4 Å². The number of nitrogens with two attached hydrogens (primary N) is 1. The molecule has 0 aliphatic rings. The minimum Gasteiger partial charge on any atom is -0.326 e. The first-order valence-corrected chi connectivity index (χ1v) is 7.81. The van der Waals surface area contributed by atoms with E-state index < -0.39 is 15.8 Å². The Morgan fingerprint density at radius 1 is 1.43 bits per heavy atom. The van der Waals surface area contributed by atoms with Crippen LogP contribution in [0.4, 0.5) is 4.39 Å². The van der Waals surface area contributed by atoms with Crippen LogP contribution >= 0.6 is 0 Å². The number of rotatable bonds is 6. The SMILES string of the molecule is CCn1cnnc1CNS(=O)(=O)c1ccc(F)c(CN)c1. The van der Waals surface area contributed by atoms with Crippen LogP contribution in [0.2, 0.25) is 0 Å². The minimum absolute atomic E-state index is 0.00546. The predicted molar refractivity (Wildman–Crippen MR) is 74.0 cm³/mol. The van der Waals surface area contributed by atoms with Crippen molar-refractivity contribution in [3.63, 3.8) is 0 Å². The summed E-state index contributed by atoms with van der Waals surface area (Å²) in [7, 11) is -3.76. The second kappa shape index (κ2) is 6.29. The quantitative estimate of drug-likeness (QED) is 0.802. The molecule has 2 rings (SSSR count). The van der Waals surface area contributed by atoms with Gasteiger partial charge in [-0.25, -0.2) is 17.5 Å². The Bertz CT molecular complexity index is 729. The molecule has 1 aromatic carbocycles. The Morgan fingerprint density at radius 3 is 2.86 bits per heavy atom. The molecule has 9 heteroatoms. The topological polar surface area (TPSA) is 103 Å². The lowest BCUT2D eigenvalue weighted by Crippen LogP contribution is -2.25. The Labute approximate surface area is 122 Å². The third-order valence-corrected chi connectivity index (χ3v) is 4.40. The molecule has 21 heavy (non-hydrogen) atoms. The van der Waals surface area contributed by atoms with E-state index in [4.69, 9.17) is 5.73 Å². The van der Waals surface area contributed by atoms with Crippen LogP contribution < -0.4 is 10.5 Å². The van der Waals surface area contributed by atoms with E-state index in [9.17, 15) is 12.8 Å². The molecule has 0 saturated carbocycles. The van der Waals surface area contributed by atoms with Crippen LogP contribution in [0, 0.1) is 5.82 Å². The highest BCUT2D eigenvalue weighted by atomic mass is 32.2. The summed E-state index contributed by atoms with van der Waals surface area (Å²) in [5.41, 5.74) is 5.52. The van der Waals surface area contributed by atoms with E-state index in [1.54, 1.807) is 4.57 Å². The lowest BCUT2D eigenvalue weighted by atomic mass is 10.2. The van der Waals surface area contributed by atoms with Crippen LogP contribution in [0.1, 0.15) is 18.3 Å². The summed E-state index contributed by atoms with van der Waals surface area (Å²) in [6.45, 7) is 2.47. The van der Waals surface area contributed by atoms with Gasteiger partial charge in [-0.2, -0.15) is 0 Å². The van der Waals surface area contributed by atoms with Crippen molar-refractivity contribution in [3.05, 3.63) is 41.7 Å². The van der Waals surface area contributed by atoms with Gasteiger partial charge in [-0.1, -0.05) is 0 Å². The molecule has 0 bridgehead atoms. The second-order valence-corrected chi connectivity index (χ2v) is 6.08. The molecule has 1 aromatic heterocycles. The fourth-order valence-electron chi connectivity index (χ4n) is 1.80. The molecular formula is C12H16FN5O2S. The number of hydrogen-bond acceptors (Lipinski definition) is 5. The number of benzene rings is 1. The van der Waals surface area contributed by atoms with Crippen molar-refractivity contribution in [1.29, 1.82) is 0 Å². The molecule has 3 N–H and O–H groups in total. The van der Waals surface area contributed by atoms with Crippen LogP contribution in [0.5, 0.6) is 0 Å². The van der Waals surface area contributed by atoms with E-state index in [1.807, 2.05) is 6.92 Å². The maximum atomic E-state index is 13.3. The summed E-state index contributed by atoms with van der Waals surface area (Å²) < 4.78 is 41.8. The van der Waals surface area contributed by atoms with Gasteiger partial charge in [-0.05, 0) is 25.1 Å². The maximum absolute atomic E-state index is 13.3. The van der Waals surface area contributed by atoms with Gasteiger partial charge in [0.15, 0.2) is 0 Å². The average Bonchev–Trinajstić information content (AvgIpc) is 2.93. The summed E-state index contributed by atoms with van der Waals surface area (Å²) in [5, 5.41) is 7.56. The number of sulfonamides is 1. The van der Waals surface area contributed by atoms with E-state index in [-0.39, 0.29) is 23.5 Å². The molecule has 0 saturated heterocycles. The minimum atomic E-state index is -3.76. The number of halogens is 1. The molecule has 0 fully saturated rings. The number of aryl methyl sites for hydroxylation is 1. The van der Waals surface area contributed by atoms with Crippen molar-refractivity contribution in [2.75, 3.05) is 0 Å². The van der Waals surface area contributed by atoms with Gasteiger partial charge in [0.05, 0.1) is 11.4 Å². The average molecular weight is 313 g/mol. The smallest absolute Gasteiger partial charge is 0.240 e. The Morgan fingerprint density at radius 2 is 2.19 bits per heavy atom. The highest BCUT2D eigenvalue weighted by Gasteiger charge is 2.17. The molecule has 0 radical (unpaired) electrons. The zero-order valence-electron chi connectivity index (χ0n) is 11.5. The summed E-state index contributed by atoms with van der Waals surface area (Å²) in [6, 6.07) is 3.51. The molecule has 2 aromatic rings. The van der Waals surface area contributed by atoms with Gasteiger partial charge in [0, 0.05) is 18.7 Å². The van der Waals surface area contributed by atoms with Gasteiger partial charge in [0.1, 0.15) is 18.0 Å².